The predicted molar refractivity (Wildman–Crippen MR) is 84.0 cm³/mol. The molecule has 5 heteroatoms. The molecule has 0 aliphatic rings. The van der Waals surface area contributed by atoms with Gasteiger partial charge < -0.3 is 16.3 Å². The Hall–Kier alpha value is -1.62. The summed E-state index contributed by atoms with van der Waals surface area (Å²) in [7, 11) is 0. The zero-order chi connectivity index (χ0) is 15.7. The predicted octanol–water partition coefficient (Wildman–Crippen LogP) is 3.37. The zero-order valence-electron chi connectivity index (χ0n) is 12.9. The molecule has 0 fully saturated rings. The first-order chi connectivity index (χ1) is 10.1. The van der Waals surface area contributed by atoms with E-state index in [4.69, 9.17) is 10.9 Å². The third-order valence-electron chi connectivity index (χ3n) is 3.59. The Bertz CT molecular complexity index is 463. The van der Waals surface area contributed by atoms with Crippen LogP contribution in [0.4, 0.5) is 4.39 Å². The lowest BCUT2D eigenvalue weighted by molar-refractivity contribution is 0.318. The maximum absolute atomic E-state index is 13.3. The Labute approximate surface area is 126 Å². The standard InChI is InChI=1S/C16H26FN3O/c1-3-4-5-6-7-12(2)19-11-13-8-9-14(17)10-15(13)16(18)20-21/h8-10,12,19,21H,3-7,11H2,1-2H3,(H2,18,20). The number of hydrogen-bond donors (Lipinski definition) is 3. The number of nitrogens with one attached hydrogen (secondary N) is 1. The second-order valence-electron chi connectivity index (χ2n) is 5.42. The van der Waals surface area contributed by atoms with E-state index in [9.17, 15) is 4.39 Å². The van der Waals surface area contributed by atoms with Gasteiger partial charge in [0.2, 0.25) is 0 Å². The van der Waals surface area contributed by atoms with Crippen molar-refractivity contribution in [2.75, 3.05) is 0 Å². The molecule has 118 valence electrons. The van der Waals surface area contributed by atoms with Crippen LogP contribution in [0.15, 0.2) is 23.4 Å². The molecule has 1 aromatic carbocycles. The van der Waals surface area contributed by atoms with E-state index in [2.05, 4.69) is 24.3 Å². The van der Waals surface area contributed by atoms with Gasteiger partial charge in [-0.3, -0.25) is 0 Å². The maximum Gasteiger partial charge on any atom is 0.170 e. The Morgan fingerprint density at radius 1 is 1.38 bits per heavy atom. The summed E-state index contributed by atoms with van der Waals surface area (Å²) >= 11 is 0. The average molecular weight is 295 g/mol. The lowest BCUT2D eigenvalue weighted by Crippen LogP contribution is -2.27. The van der Waals surface area contributed by atoms with Crippen LogP contribution in [0.5, 0.6) is 0 Å². The SMILES string of the molecule is CCCCCCC(C)NCc1ccc(F)cc1C(N)=NO. The smallest absolute Gasteiger partial charge is 0.170 e. The minimum Gasteiger partial charge on any atom is -0.409 e. The third kappa shape index (κ3) is 6.12. The summed E-state index contributed by atoms with van der Waals surface area (Å²) in [5, 5.41) is 15.1. The molecule has 21 heavy (non-hydrogen) atoms. The molecule has 0 spiro atoms. The molecule has 1 atom stereocenters. The highest BCUT2D eigenvalue weighted by Crippen LogP contribution is 2.12. The van der Waals surface area contributed by atoms with Gasteiger partial charge in [-0.1, -0.05) is 43.8 Å². The molecule has 1 unspecified atom stereocenters. The van der Waals surface area contributed by atoms with Crippen molar-refractivity contribution in [1.82, 2.24) is 5.32 Å². The van der Waals surface area contributed by atoms with E-state index in [0.29, 0.717) is 18.2 Å². The van der Waals surface area contributed by atoms with E-state index in [1.54, 1.807) is 6.07 Å². The molecule has 1 rings (SSSR count). The van der Waals surface area contributed by atoms with E-state index < -0.39 is 5.82 Å². The molecule has 0 aliphatic heterocycles. The van der Waals surface area contributed by atoms with Gasteiger partial charge in [0.05, 0.1) is 0 Å². The number of oxime groups is 1. The van der Waals surface area contributed by atoms with Gasteiger partial charge in [0.1, 0.15) is 5.82 Å². The fraction of sp³-hybridized carbons (Fsp3) is 0.562. The molecule has 0 amide bonds. The quantitative estimate of drug-likeness (QED) is 0.215. The fourth-order valence-corrected chi connectivity index (χ4v) is 2.26. The van der Waals surface area contributed by atoms with Crippen molar-refractivity contribution in [3.05, 3.63) is 35.1 Å². The number of nitrogens with zero attached hydrogens (tertiary/aromatic N) is 1. The molecule has 0 aliphatic carbocycles. The molecule has 0 radical (unpaired) electrons. The Morgan fingerprint density at radius 2 is 2.14 bits per heavy atom. The highest BCUT2D eigenvalue weighted by Gasteiger charge is 2.10. The van der Waals surface area contributed by atoms with Crippen LogP contribution in [0.25, 0.3) is 0 Å². The minimum atomic E-state index is -0.395. The monoisotopic (exact) mass is 295 g/mol. The van der Waals surface area contributed by atoms with Crippen molar-refractivity contribution < 1.29 is 9.60 Å². The zero-order valence-corrected chi connectivity index (χ0v) is 12.9. The van der Waals surface area contributed by atoms with Crippen LogP contribution in [0.3, 0.4) is 0 Å². The van der Waals surface area contributed by atoms with Crippen LogP contribution in [0.1, 0.15) is 57.1 Å². The summed E-state index contributed by atoms with van der Waals surface area (Å²) < 4.78 is 13.3. The second-order valence-corrected chi connectivity index (χ2v) is 5.42. The van der Waals surface area contributed by atoms with Crippen molar-refractivity contribution in [1.29, 1.82) is 0 Å². The maximum atomic E-state index is 13.3. The van der Waals surface area contributed by atoms with Gasteiger partial charge in [-0.25, -0.2) is 4.39 Å². The molecule has 0 bridgehead atoms. The lowest BCUT2D eigenvalue weighted by atomic mass is 10.0. The van der Waals surface area contributed by atoms with Gasteiger partial charge >= 0.3 is 0 Å². The summed E-state index contributed by atoms with van der Waals surface area (Å²) in [4.78, 5) is 0. The summed E-state index contributed by atoms with van der Waals surface area (Å²) in [5.74, 6) is -0.463. The fourth-order valence-electron chi connectivity index (χ4n) is 2.26. The van der Waals surface area contributed by atoms with Crippen molar-refractivity contribution in [3.8, 4) is 0 Å². The molecule has 0 saturated carbocycles. The molecule has 4 nitrogen and oxygen atoms in total. The van der Waals surface area contributed by atoms with E-state index in [0.717, 1.165) is 12.0 Å². The first-order valence-electron chi connectivity index (χ1n) is 7.58. The number of benzene rings is 1. The van der Waals surface area contributed by atoms with Gasteiger partial charge in [-0.05, 0) is 31.0 Å². The average Bonchev–Trinajstić information content (AvgIpc) is 2.49. The molecular formula is C16H26FN3O. The van der Waals surface area contributed by atoms with E-state index in [1.165, 1.54) is 37.8 Å². The van der Waals surface area contributed by atoms with Crippen molar-refractivity contribution >= 4 is 5.84 Å². The van der Waals surface area contributed by atoms with Crippen molar-refractivity contribution in [2.24, 2.45) is 10.9 Å². The van der Waals surface area contributed by atoms with E-state index in [-0.39, 0.29) is 5.84 Å². The molecule has 0 heterocycles. The largest absolute Gasteiger partial charge is 0.409 e. The molecule has 0 saturated heterocycles. The third-order valence-corrected chi connectivity index (χ3v) is 3.59. The van der Waals surface area contributed by atoms with E-state index >= 15 is 0 Å². The van der Waals surface area contributed by atoms with Crippen molar-refractivity contribution in [2.45, 2.75) is 58.5 Å². The Balaban J connectivity index is 2.55. The van der Waals surface area contributed by atoms with Crippen LogP contribution in [-0.4, -0.2) is 17.1 Å². The van der Waals surface area contributed by atoms with Gasteiger partial charge in [-0.2, -0.15) is 0 Å². The normalized spacial score (nSPS) is 13.4. The number of unbranched alkanes of at least 4 members (excludes halogenated alkanes) is 3. The molecule has 0 aromatic heterocycles. The highest BCUT2D eigenvalue weighted by molar-refractivity contribution is 5.98. The summed E-state index contributed by atoms with van der Waals surface area (Å²) in [5.41, 5.74) is 6.85. The summed E-state index contributed by atoms with van der Waals surface area (Å²) in [6, 6.07) is 4.72. The van der Waals surface area contributed by atoms with Crippen LogP contribution < -0.4 is 11.1 Å². The van der Waals surface area contributed by atoms with Gasteiger partial charge in [0.15, 0.2) is 5.84 Å². The molecule has 4 N–H and O–H groups in total. The molecule has 1 aromatic rings. The van der Waals surface area contributed by atoms with Crippen LogP contribution >= 0.6 is 0 Å². The molecular weight excluding hydrogens is 269 g/mol. The highest BCUT2D eigenvalue weighted by atomic mass is 19.1. The first-order valence-corrected chi connectivity index (χ1v) is 7.58. The van der Waals surface area contributed by atoms with Crippen LogP contribution in [0.2, 0.25) is 0 Å². The van der Waals surface area contributed by atoms with Gasteiger partial charge in [-0.15, -0.1) is 0 Å². The Kier molecular flexibility index (Phi) is 7.75. The second kappa shape index (κ2) is 9.34. The van der Waals surface area contributed by atoms with Gasteiger partial charge in [0.25, 0.3) is 0 Å². The number of amidine groups is 1. The first kappa shape index (κ1) is 17.4. The topological polar surface area (TPSA) is 70.6 Å². The van der Waals surface area contributed by atoms with Gasteiger partial charge in [0, 0.05) is 18.2 Å². The van der Waals surface area contributed by atoms with Crippen LogP contribution in [-0.2, 0) is 6.54 Å². The summed E-state index contributed by atoms with van der Waals surface area (Å²) in [6.45, 7) is 4.91. The Morgan fingerprint density at radius 3 is 2.81 bits per heavy atom. The summed E-state index contributed by atoms with van der Waals surface area (Å²) in [6.07, 6.45) is 6.09. The lowest BCUT2D eigenvalue weighted by Gasteiger charge is -2.15. The number of hydrogen-bond acceptors (Lipinski definition) is 3. The number of nitrogens with two attached hydrogens (primary N) is 1. The van der Waals surface area contributed by atoms with Crippen LogP contribution in [0, 0.1) is 5.82 Å². The van der Waals surface area contributed by atoms with Crippen molar-refractivity contribution in [3.63, 3.8) is 0 Å². The number of rotatable bonds is 9. The minimum absolute atomic E-state index is 0.0677. The number of halogens is 1. The van der Waals surface area contributed by atoms with E-state index in [1.807, 2.05) is 0 Å².